The Morgan fingerprint density at radius 1 is 1.05 bits per heavy atom. The first kappa shape index (κ1) is 16.4. The Hall–Kier alpha value is -1.94. The zero-order valence-electron chi connectivity index (χ0n) is 12.6. The van der Waals surface area contributed by atoms with Gasteiger partial charge in [-0.3, -0.25) is 9.79 Å². The summed E-state index contributed by atoms with van der Waals surface area (Å²) in [6.45, 7) is 5.79. The van der Waals surface area contributed by atoms with Crippen LogP contribution in [0.2, 0.25) is 0 Å². The van der Waals surface area contributed by atoms with Crippen LogP contribution in [-0.2, 0) is 9.09 Å². The van der Waals surface area contributed by atoms with Crippen LogP contribution >= 0.6 is 7.82 Å². The molecule has 0 spiro atoms. The van der Waals surface area contributed by atoms with Crippen molar-refractivity contribution in [3.05, 3.63) is 64.7 Å². The Labute approximate surface area is 129 Å². The highest BCUT2D eigenvalue weighted by Crippen LogP contribution is 2.38. The molecule has 0 aliphatic rings. The molecule has 0 heterocycles. The Bertz CT molecular complexity index is 727. The summed E-state index contributed by atoms with van der Waals surface area (Å²) in [5, 5.41) is 0. The van der Waals surface area contributed by atoms with Crippen LogP contribution in [0.25, 0.3) is 0 Å². The molecule has 0 aliphatic carbocycles. The molecule has 2 aromatic carbocycles. The number of nitrogens with zero attached hydrogens (tertiary/aromatic N) is 1. The molecule has 0 amide bonds. The lowest BCUT2D eigenvalue weighted by molar-refractivity contribution is 0.279. The molecule has 0 unspecified atom stereocenters. The van der Waals surface area contributed by atoms with Crippen LogP contribution in [0.1, 0.15) is 22.3 Å². The molecular weight excluding hydrogens is 301 g/mol. The average Bonchev–Trinajstić information content (AvgIpc) is 2.41. The van der Waals surface area contributed by atoms with Gasteiger partial charge in [0, 0.05) is 5.56 Å². The van der Waals surface area contributed by atoms with E-state index in [2.05, 4.69) is 4.99 Å². The first-order valence-corrected chi connectivity index (χ1v) is 8.26. The first-order valence-electron chi connectivity index (χ1n) is 6.73. The van der Waals surface area contributed by atoms with Gasteiger partial charge in [-0.15, -0.1) is 0 Å². The second-order valence-electron chi connectivity index (χ2n) is 5.11. The molecular formula is C16H18NO4P. The predicted octanol–water partition coefficient (Wildman–Crippen LogP) is 3.80. The minimum absolute atomic E-state index is 0.0935. The van der Waals surface area contributed by atoms with Gasteiger partial charge in [0.25, 0.3) is 0 Å². The quantitative estimate of drug-likeness (QED) is 0.512. The summed E-state index contributed by atoms with van der Waals surface area (Å²) < 4.78 is 16.0. The summed E-state index contributed by atoms with van der Waals surface area (Å²) in [5.41, 5.74) is 4.09. The van der Waals surface area contributed by atoms with E-state index in [1.165, 1.54) is 0 Å². The van der Waals surface area contributed by atoms with Gasteiger partial charge in [0.15, 0.2) is 0 Å². The largest absolute Gasteiger partial charge is 0.526 e. The topological polar surface area (TPSA) is 79.1 Å². The molecule has 0 radical (unpaired) electrons. The van der Waals surface area contributed by atoms with E-state index in [-0.39, 0.29) is 5.90 Å². The van der Waals surface area contributed by atoms with E-state index in [1.54, 1.807) is 30.3 Å². The van der Waals surface area contributed by atoms with Gasteiger partial charge in [0.1, 0.15) is 0 Å². The van der Waals surface area contributed by atoms with E-state index in [0.29, 0.717) is 11.3 Å². The number of rotatable bonds is 3. The van der Waals surface area contributed by atoms with Crippen LogP contribution in [0.4, 0.5) is 5.69 Å². The van der Waals surface area contributed by atoms with Crippen molar-refractivity contribution in [1.29, 1.82) is 0 Å². The zero-order chi connectivity index (χ0) is 16.3. The number of aliphatic imine (C=N–C) groups is 1. The van der Waals surface area contributed by atoms with E-state index in [4.69, 9.17) is 14.3 Å². The van der Waals surface area contributed by atoms with Gasteiger partial charge in [-0.05, 0) is 44.0 Å². The van der Waals surface area contributed by atoms with Crippen molar-refractivity contribution in [2.75, 3.05) is 0 Å². The summed E-state index contributed by atoms with van der Waals surface area (Å²) >= 11 is 0. The Balaban J connectivity index is 2.57. The maximum Gasteiger partial charge on any atom is 0.526 e. The second kappa shape index (κ2) is 6.44. The molecule has 0 aliphatic heterocycles. The molecule has 116 valence electrons. The Morgan fingerprint density at radius 3 is 2.09 bits per heavy atom. The number of aryl methyl sites for hydroxylation is 3. The van der Waals surface area contributed by atoms with E-state index in [0.717, 1.165) is 16.7 Å². The fourth-order valence-electron chi connectivity index (χ4n) is 2.28. The molecule has 22 heavy (non-hydrogen) atoms. The van der Waals surface area contributed by atoms with Gasteiger partial charge >= 0.3 is 7.82 Å². The van der Waals surface area contributed by atoms with Crippen LogP contribution in [0, 0.1) is 20.8 Å². The van der Waals surface area contributed by atoms with Gasteiger partial charge in [0.2, 0.25) is 5.90 Å². The highest BCUT2D eigenvalue weighted by atomic mass is 31.2. The normalized spacial score (nSPS) is 12.3. The molecule has 2 N–H and O–H groups in total. The fraction of sp³-hybridized carbons (Fsp3) is 0.188. The van der Waals surface area contributed by atoms with Crippen LogP contribution in [0.5, 0.6) is 0 Å². The number of phosphoric ester groups is 1. The molecule has 5 nitrogen and oxygen atoms in total. The van der Waals surface area contributed by atoms with Crippen LogP contribution < -0.4 is 0 Å². The van der Waals surface area contributed by atoms with Gasteiger partial charge in [-0.2, -0.15) is 0 Å². The van der Waals surface area contributed by atoms with Gasteiger partial charge < -0.3 is 4.52 Å². The first-order chi connectivity index (χ1) is 10.3. The lowest BCUT2D eigenvalue weighted by atomic mass is 10.1. The highest BCUT2D eigenvalue weighted by molar-refractivity contribution is 7.47. The van der Waals surface area contributed by atoms with Crippen LogP contribution in [0.15, 0.2) is 47.5 Å². The molecule has 2 rings (SSSR count). The standard InChI is InChI=1S/C16H18NO4P/c1-11-9-12(2)15(13(3)10-11)17-16(21-22(18,19)20)14-7-5-4-6-8-14/h4-10H,1-3H3,(H2,18,19,20). The monoisotopic (exact) mass is 319 g/mol. The van der Waals surface area contributed by atoms with Gasteiger partial charge in [-0.1, -0.05) is 35.9 Å². The third kappa shape index (κ3) is 4.28. The van der Waals surface area contributed by atoms with E-state index < -0.39 is 7.82 Å². The van der Waals surface area contributed by atoms with Crippen molar-refractivity contribution in [3.63, 3.8) is 0 Å². The van der Waals surface area contributed by atoms with E-state index >= 15 is 0 Å². The van der Waals surface area contributed by atoms with Crippen molar-refractivity contribution in [1.82, 2.24) is 0 Å². The molecule has 2 aromatic rings. The number of benzene rings is 2. The van der Waals surface area contributed by atoms with Crippen molar-refractivity contribution in [3.8, 4) is 0 Å². The summed E-state index contributed by atoms with van der Waals surface area (Å²) in [5.74, 6) is -0.0935. The SMILES string of the molecule is Cc1cc(C)c(N=C(OP(=O)(O)O)c2ccccc2)c(C)c1. The Kier molecular flexibility index (Phi) is 4.81. The van der Waals surface area contributed by atoms with Crippen molar-refractivity contribution in [2.45, 2.75) is 20.8 Å². The minimum atomic E-state index is -4.69. The van der Waals surface area contributed by atoms with Gasteiger partial charge in [-0.25, -0.2) is 9.56 Å². The van der Waals surface area contributed by atoms with Crippen molar-refractivity contribution < 1.29 is 18.9 Å². The third-order valence-electron chi connectivity index (χ3n) is 3.07. The van der Waals surface area contributed by atoms with E-state index in [9.17, 15) is 4.57 Å². The van der Waals surface area contributed by atoms with Gasteiger partial charge in [0.05, 0.1) is 5.69 Å². The number of phosphoric acid groups is 1. The zero-order valence-corrected chi connectivity index (χ0v) is 13.5. The average molecular weight is 319 g/mol. The van der Waals surface area contributed by atoms with E-state index in [1.807, 2.05) is 32.9 Å². The second-order valence-corrected chi connectivity index (χ2v) is 6.28. The summed E-state index contributed by atoms with van der Waals surface area (Å²) in [7, 11) is -4.69. The number of hydrogen-bond acceptors (Lipinski definition) is 3. The maximum atomic E-state index is 11.2. The molecule has 0 atom stereocenters. The highest BCUT2D eigenvalue weighted by Gasteiger charge is 2.21. The summed E-state index contributed by atoms with van der Waals surface area (Å²) in [6.07, 6.45) is 0. The molecule has 0 fully saturated rings. The third-order valence-corrected chi connectivity index (χ3v) is 3.49. The summed E-state index contributed by atoms with van der Waals surface area (Å²) in [4.78, 5) is 22.6. The molecule has 0 aromatic heterocycles. The fourth-order valence-corrected chi connectivity index (χ4v) is 2.65. The minimum Gasteiger partial charge on any atom is -0.385 e. The van der Waals surface area contributed by atoms with Crippen LogP contribution in [-0.4, -0.2) is 15.7 Å². The summed E-state index contributed by atoms with van der Waals surface area (Å²) in [6, 6.07) is 12.6. The number of hydrogen-bond donors (Lipinski definition) is 2. The smallest absolute Gasteiger partial charge is 0.385 e. The predicted molar refractivity (Wildman–Crippen MR) is 86.4 cm³/mol. The van der Waals surface area contributed by atoms with Crippen molar-refractivity contribution in [2.24, 2.45) is 4.99 Å². The van der Waals surface area contributed by atoms with Crippen LogP contribution in [0.3, 0.4) is 0 Å². The lowest BCUT2D eigenvalue weighted by Crippen LogP contribution is -2.05. The van der Waals surface area contributed by atoms with Crippen molar-refractivity contribution >= 4 is 19.4 Å². The molecule has 0 saturated carbocycles. The maximum absolute atomic E-state index is 11.2. The molecule has 0 bridgehead atoms. The lowest BCUT2D eigenvalue weighted by Gasteiger charge is -2.12. The molecule has 6 heteroatoms. The molecule has 0 saturated heterocycles. The Morgan fingerprint density at radius 2 is 1.59 bits per heavy atom.